The molecule has 1 rings (SSSR count). The first-order valence-electron chi connectivity index (χ1n) is 5.58. The van der Waals surface area contributed by atoms with Crippen molar-refractivity contribution >= 4 is 17.7 Å². The summed E-state index contributed by atoms with van der Waals surface area (Å²) < 4.78 is 0. The van der Waals surface area contributed by atoms with Crippen LogP contribution in [0, 0.1) is 0 Å². The Labute approximate surface area is 109 Å². The van der Waals surface area contributed by atoms with Gasteiger partial charge in [0.1, 0.15) is 5.54 Å². The fourth-order valence-electron chi connectivity index (χ4n) is 1.36. The molecule has 6 nitrogen and oxygen atoms in total. The second-order valence-electron chi connectivity index (χ2n) is 4.08. The molecular formula is C11H17N3O3S. The quantitative estimate of drug-likeness (QED) is 0.384. The number of aliphatic carboxylic acids is 1. The highest BCUT2D eigenvalue weighted by Crippen LogP contribution is 2.17. The number of hydrogen-bond donors (Lipinski definition) is 3. The Hall–Kier alpha value is -1.34. The zero-order valence-electron chi connectivity index (χ0n) is 10.4. The number of carboxylic acids is 1. The van der Waals surface area contributed by atoms with Crippen LogP contribution in [-0.4, -0.2) is 39.4 Å². The second-order valence-corrected chi connectivity index (χ2v) is 5.16. The number of carbonyl (C=O) groups is 1. The number of nitrogens with one attached hydrogen (secondary N) is 2. The minimum absolute atomic E-state index is 0.182. The van der Waals surface area contributed by atoms with Gasteiger partial charge < -0.3 is 15.4 Å². The van der Waals surface area contributed by atoms with Gasteiger partial charge in [0.25, 0.3) is 5.56 Å². The first-order chi connectivity index (χ1) is 8.48. The average Bonchev–Trinajstić information content (AvgIpc) is 2.34. The third-order valence-corrected chi connectivity index (χ3v) is 3.71. The lowest BCUT2D eigenvalue weighted by atomic mass is 9.97. The van der Waals surface area contributed by atoms with Gasteiger partial charge in [-0.25, -0.2) is 4.98 Å². The van der Waals surface area contributed by atoms with Crippen LogP contribution in [0.1, 0.15) is 19.8 Å². The summed E-state index contributed by atoms with van der Waals surface area (Å²) in [7, 11) is 1.64. The summed E-state index contributed by atoms with van der Waals surface area (Å²) in [5.74, 6) is -0.154. The lowest BCUT2D eigenvalue weighted by molar-refractivity contribution is -0.144. The van der Waals surface area contributed by atoms with Crippen LogP contribution < -0.4 is 10.9 Å². The monoisotopic (exact) mass is 271 g/mol. The van der Waals surface area contributed by atoms with Crippen LogP contribution in [0.5, 0.6) is 0 Å². The van der Waals surface area contributed by atoms with Crippen molar-refractivity contribution in [2.45, 2.75) is 30.5 Å². The number of nitrogens with zero attached hydrogens (tertiary/aromatic N) is 1. The molecule has 0 spiro atoms. The molecule has 0 aliphatic heterocycles. The van der Waals surface area contributed by atoms with Gasteiger partial charge in [0.05, 0.1) is 0 Å². The van der Waals surface area contributed by atoms with Crippen molar-refractivity contribution in [3.63, 3.8) is 0 Å². The average molecular weight is 271 g/mol. The molecule has 0 aliphatic carbocycles. The molecular weight excluding hydrogens is 254 g/mol. The predicted octanol–water partition coefficient (Wildman–Crippen LogP) is 0.705. The van der Waals surface area contributed by atoms with Gasteiger partial charge in [-0.2, -0.15) is 0 Å². The highest BCUT2D eigenvalue weighted by molar-refractivity contribution is 7.99. The molecule has 3 N–H and O–H groups in total. The first kappa shape index (κ1) is 14.7. The number of aromatic amines is 1. The van der Waals surface area contributed by atoms with E-state index >= 15 is 0 Å². The van der Waals surface area contributed by atoms with Crippen molar-refractivity contribution in [2.75, 3.05) is 12.8 Å². The number of aromatic nitrogens is 2. The number of likely N-dealkylation sites (N-methyl/N-ethyl adjacent to an activating group) is 1. The maximum Gasteiger partial charge on any atom is 0.323 e. The van der Waals surface area contributed by atoms with Crippen molar-refractivity contribution in [3.8, 4) is 0 Å². The minimum Gasteiger partial charge on any atom is -0.480 e. The number of H-pyrrole nitrogens is 1. The topological polar surface area (TPSA) is 95.1 Å². The summed E-state index contributed by atoms with van der Waals surface area (Å²) in [6.45, 7) is 1.66. The maximum absolute atomic E-state index is 11.0. The van der Waals surface area contributed by atoms with Crippen molar-refractivity contribution in [1.82, 2.24) is 15.3 Å². The van der Waals surface area contributed by atoms with Crippen LogP contribution >= 0.6 is 11.8 Å². The molecule has 0 saturated carbocycles. The molecule has 0 radical (unpaired) electrons. The molecule has 7 heteroatoms. The van der Waals surface area contributed by atoms with Crippen molar-refractivity contribution in [1.29, 1.82) is 0 Å². The molecule has 1 aromatic rings. The van der Waals surface area contributed by atoms with Crippen molar-refractivity contribution in [3.05, 3.63) is 22.6 Å². The number of thioether (sulfide) groups is 1. The molecule has 0 bridgehead atoms. The third kappa shape index (κ3) is 4.15. The Balaban J connectivity index is 2.39. The van der Waals surface area contributed by atoms with E-state index in [1.54, 1.807) is 14.0 Å². The minimum atomic E-state index is -0.905. The van der Waals surface area contributed by atoms with E-state index in [0.717, 1.165) is 0 Å². The summed E-state index contributed by atoms with van der Waals surface area (Å²) in [4.78, 5) is 28.7. The van der Waals surface area contributed by atoms with E-state index in [1.807, 2.05) is 0 Å². The Morgan fingerprint density at radius 3 is 2.94 bits per heavy atom. The fraction of sp³-hybridized carbons (Fsp3) is 0.545. The molecule has 0 saturated heterocycles. The third-order valence-electron chi connectivity index (χ3n) is 2.73. The molecule has 0 aromatic carbocycles. The molecule has 100 valence electrons. The molecule has 1 heterocycles. The van der Waals surface area contributed by atoms with E-state index in [9.17, 15) is 9.59 Å². The summed E-state index contributed by atoms with van der Waals surface area (Å²) in [5.41, 5.74) is -1.09. The maximum atomic E-state index is 11.0. The van der Waals surface area contributed by atoms with Gasteiger partial charge in [0, 0.05) is 18.0 Å². The van der Waals surface area contributed by atoms with Gasteiger partial charge in [0.15, 0.2) is 5.16 Å². The summed E-state index contributed by atoms with van der Waals surface area (Å²) in [5, 5.41) is 12.4. The lowest BCUT2D eigenvalue weighted by Crippen LogP contribution is -2.47. The SMILES string of the molecule is CNC(C)(CCCSc1nccc(=O)[nH]1)C(=O)O. The van der Waals surface area contributed by atoms with E-state index < -0.39 is 11.5 Å². The number of hydrogen-bond acceptors (Lipinski definition) is 5. The van der Waals surface area contributed by atoms with Gasteiger partial charge in [-0.1, -0.05) is 11.8 Å². The van der Waals surface area contributed by atoms with Crippen LogP contribution in [0.4, 0.5) is 0 Å². The summed E-state index contributed by atoms with van der Waals surface area (Å²) in [6.07, 6.45) is 2.69. The van der Waals surface area contributed by atoms with E-state index in [0.29, 0.717) is 23.8 Å². The van der Waals surface area contributed by atoms with Gasteiger partial charge in [-0.15, -0.1) is 0 Å². The van der Waals surface area contributed by atoms with Crippen LogP contribution in [0.25, 0.3) is 0 Å². The molecule has 1 unspecified atom stereocenters. The number of carboxylic acid groups (broad SMARTS) is 1. The molecule has 0 amide bonds. The number of rotatable bonds is 7. The Morgan fingerprint density at radius 2 is 2.39 bits per heavy atom. The zero-order valence-corrected chi connectivity index (χ0v) is 11.2. The van der Waals surface area contributed by atoms with E-state index in [4.69, 9.17) is 5.11 Å². The Morgan fingerprint density at radius 1 is 1.67 bits per heavy atom. The van der Waals surface area contributed by atoms with Gasteiger partial charge in [-0.05, 0) is 26.8 Å². The van der Waals surface area contributed by atoms with E-state index in [1.165, 1.54) is 24.0 Å². The van der Waals surface area contributed by atoms with Gasteiger partial charge in [-0.3, -0.25) is 9.59 Å². The predicted molar refractivity (Wildman–Crippen MR) is 69.9 cm³/mol. The van der Waals surface area contributed by atoms with Gasteiger partial charge >= 0.3 is 5.97 Å². The second kappa shape index (κ2) is 6.55. The van der Waals surface area contributed by atoms with Crippen LogP contribution in [-0.2, 0) is 4.79 Å². The van der Waals surface area contributed by atoms with Crippen LogP contribution in [0.2, 0.25) is 0 Å². The molecule has 18 heavy (non-hydrogen) atoms. The van der Waals surface area contributed by atoms with E-state index in [2.05, 4.69) is 15.3 Å². The van der Waals surface area contributed by atoms with Crippen LogP contribution in [0.3, 0.4) is 0 Å². The Kier molecular flexibility index (Phi) is 5.36. The molecule has 1 aromatic heterocycles. The highest BCUT2D eigenvalue weighted by Gasteiger charge is 2.30. The molecule has 1 atom stereocenters. The normalized spacial score (nSPS) is 14.1. The molecule has 0 aliphatic rings. The summed E-state index contributed by atoms with van der Waals surface area (Å²) in [6, 6.07) is 1.35. The largest absolute Gasteiger partial charge is 0.480 e. The first-order valence-corrected chi connectivity index (χ1v) is 6.57. The van der Waals surface area contributed by atoms with Crippen LogP contribution in [0.15, 0.2) is 22.2 Å². The highest BCUT2D eigenvalue weighted by atomic mass is 32.2. The lowest BCUT2D eigenvalue weighted by Gasteiger charge is -2.23. The summed E-state index contributed by atoms with van der Waals surface area (Å²) >= 11 is 1.41. The standard InChI is InChI=1S/C11H17N3O3S/c1-11(12-2,9(16)17)5-3-7-18-10-13-6-4-8(15)14-10/h4,6,12H,3,5,7H2,1-2H3,(H,16,17)(H,13,14,15). The fourth-order valence-corrected chi connectivity index (χ4v) is 2.15. The van der Waals surface area contributed by atoms with E-state index in [-0.39, 0.29) is 5.56 Å². The Bertz CT molecular complexity index is 463. The smallest absolute Gasteiger partial charge is 0.323 e. The molecule has 0 fully saturated rings. The van der Waals surface area contributed by atoms with Gasteiger partial charge in [0.2, 0.25) is 0 Å². The van der Waals surface area contributed by atoms with Crippen molar-refractivity contribution < 1.29 is 9.90 Å². The zero-order chi connectivity index (χ0) is 13.6. The van der Waals surface area contributed by atoms with Crippen molar-refractivity contribution in [2.24, 2.45) is 0 Å².